The molecule has 3 nitrogen and oxygen atoms in total. The van der Waals surface area contributed by atoms with Gasteiger partial charge in [-0.25, -0.2) is 9.78 Å². The van der Waals surface area contributed by atoms with Crippen LogP contribution in [0.2, 0.25) is 5.15 Å². The summed E-state index contributed by atoms with van der Waals surface area (Å²) in [6.45, 7) is 5.99. The number of aryl methyl sites for hydroxylation is 1. The monoisotopic (exact) mass is 241 g/mol. The largest absolute Gasteiger partial charge is 0.478 e. The normalized spacial score (nSPS) is 10.8. The van der Waals surface area contributed by atoms with Crippen LogP contribution in [0.1, 0.15) is 54.6 Å². The number of aromatic nitrogens is 1. The zero-order valence-corrected chi connectivity index (χ0v) is 10.5. The van der Waals surface area contributed by atoms with Crippen LogP contribution in [0.4, 0.5) is 0 Å². The van der Waals surface area contributed by atoms with Crippen molar-refractivity contribution in [2.24, 2.45) is 0 Å². The molecule has 1 aromatic heterocycles. The first kappa shape index (κ1) is 13.0. The van der Waals surface area contributed by atoms with Gasteiger partial charge in [0.15, 0.2) is 0 Å². The highest BCUT2D eigenvalue weighted by atomic mass is 35.5. The minimum absolute atomic E-state index is 0.0797. The maximum absolute atomic E-state index is 11.2. The average molecular weight is 242 g/mol. The molecule has 0 aliphatic heterocycles. The van der Waals surface area contributed by atoms with Crippen LogP contribution in [0, 0.1) is 0 Å². The molecular formula is C12H16ClNO2. The number of hydrogen-bond acceptors (Lipinski definition) is 2. The Balaban J connectivity index is 3.43. The number of hydrogen-bond donors (Lipinski definition) is 1. The van der Waals surface area contributed by atoms with E-state index in [0.29, 0.717) is 0 Å². The highest BCUT2D eigenvalue weighted by Gasteiger charge is 2.21. The molecule has 1 heterocycles. The second kappa shape index (κ2) is 5.30. The molecule has 16 heavy (non-hydrogen) atoms. The van der Waals surface area contributed by atoms with E-state index in [1.54, 1.807) is 6.20 Å². The van der Waals surface area contributed by atoms with E-state index < -0.39 is 5.97 Å². The Hall–Kier alpha value is -1.09. The lowest BCUT2D eigenvalue weighted by molar-refractivity contribution is 0.0695. The fourth-order valence-corrected chi connectivity index (χ4v) is 2.10. The first-order valence-corrected chi connectivity index (χ1v) is 5.77. The molecule has 0 saturated heterocycles. The minimum atomic E-state index is -1.00. The van der Waals surface area contributed by atoms with E-state index in [4.69, 9.17) is 16.7 Å². The molecule has 0 unspecified atom stereocenters. The number of halogens is 1. The van der Waals surface area contributed by atoms with Gasteiger partial charge in [0.05, 0.1) is 0 Å². The van der Waals surface area contributed by atoms with Gasteiger partial charge in [-0.15, -0.1) is 0 Å². The highest BCUT2D eigenvalue weighted by molar-refractivity contribution is 6.32. The molecule has 0 saturated carbocycles. The number of nitrogens with zero attached hydrogens (tertiary/aromatic N) is 1. The molecule has 0 radical (unpaired) electrons. The molecule has 0 bridgehead atoms. The summed E-state index contributed by atoms with van der Waals surface area (Å²) in [5.74, 6) is -0.868. The van der Waals surface area contributed by atoms with Gasteiger partial charge in [-0.05, 0) is 23.5 Å². The van der Waals surface area contributed by atoms with Crippen LogP contribution in [0.5, 0.6) is 0 Å². The van der Waals surface area contributed by atoms with Gasteiger partial charge in [0.2, 0.25) is 0 Å². The summed E-state index contributed by atoms with van der Waals surface area (Å²) in [6, 6.07) is 0. The number of carbonyl (C=O) groups is 1. The summed E-state index contributed by atoms with van der Waals surface area (Å²) in [5, 5.41) is 9.24. The second-order valence-electron chi connectivity index (χ2n) is 4.07. The second-order valence-corrected chi connectivity index (χ2v) is 4.43. The number of carboxylic acids is 1. The molecule has 0 spiro atoms. The quantitative estimate of drug-likeness (QED) is 0.821. The van der Waals surface area contributed by atoms with Gasteiger partial charge in [0.25, 0.3) is 0 Å². The van der Waals surface area contributed by atoms with E-state index >= 15 is 0 Å². The molecule has 4 heteroatoms. The fourth-order valence-electron chi connectivity index (χ4n) is 1.87. The van der Waals surface area contributed by atoms with Gasteiger partial charge >= 0.3 is 5.97 Å². The lowest BCUT2D eigenvalue weighted by Crippen LogP contribution is -2.10. The zero-order valence-electron chi connectivity index (χ0n) is 9.75. The predicted molar refractivity (Wildman–Crippen MR) is 64.3 cm³/mol. The topological polar surface area (TPSA) is 50.2 Å². The Morgan fingerprint density at radius 1 is 1.56 bits per heavy atom. The fraction of sp³-hybridized carbons (Fsp3) is 0.500. The summed E-state index contributed by atoms with van der Waals surface area (Å²) in [7, 11) is 0. The molecule has 0 amide bonds. The SMILES string of the molecule is CCCc1cnc(Cl)c(C(=O)O)c1C(C)C. The molecule has 0 fully saturated rings. The molecule has 0 atom stereocenters. The van der Waals surface area contributed by atoms with E-state index in [-0.39, 0.29) is 16.6 Å². The number of aromatic carboxylic acids is 1. The van der Waals surface area contributed by atoms with Crippen molar-refractivity contribution in [1.29, 1.82) is 0 Å². The van der Waals surface area contributed by atoms with Gasteiger partial charge in [-0.1, -0.05) is 38.8 Å². The molecule has 1 aromatic rings. The summed E-state index contributed by atoms with van der Waals surface area (Å²) in [4.78, 5) is 15.1. The summed E-state index contributed by atoms with van der Waals surface area (Å²) in [6.07, 6.45) is 3.48. The van der Waals surface area contributed by atoms with Gasteiger partial charge in [-0.3, -0.25) is 0 Å². The van der Waals surface area contributed by atoms with Crippen molar-refractivity contribution in [2.75, 3.05) is 0 Å². The number of pyridine rings is 1. The molecular weight excluding hydrogens is 226 g/mol. The van der Waals surface area contributed by atoms with Crippen molar-refractivity contribution >= 4 is 17.6 Å². The van der Waals surface area contributed by atoms with Crippen LogP contribution >= 0.6 is 11.6 Å². The Bertz CT molecular complexity index is 402. The Kier molecular flexibility index (Phi) is 4.30. The van der Waals surface area contributed by atoms with Gasteiger partial charge in [-0.2, -0.15) is 0 Å². The van der Waals surface area contributed by atoms with E-state index in [2.05, 4.69) is 11.9 Å². The van der Waals surface area contributed by atoms with E-state index in [1.807, 2.05) is 13.8 Å². The summed E-state index contributed by atoms with van der Waals surface area (Å²) >= 11 is 5.85. The maximum Gasteiger partial charge on any atom is 0.339 e. The van der Waals surface area contributed by atoms with Gasteiger partial charge in [0.1, 0.15) is 10.7 Å². The third kappa shape index (κ3) is 2.53. The average Bonchev–Trinajstić information content (AvgIpc) is 2.19. The van der Waals surface area contributed by atoms with Gasteiger partial charge in [0, 0.05) is 6.20 Å². The molecule has 0 aliphatic rings. The van der Waals surface area contributed by atoms with Crippen molar-refractivity contribution in [3.05, 3.63) is 28.0 Å². The first-order valence-electron chi connectivity index (χ1n) is 5.39. The standard InChI is InChI=1S/C12H16ClNO2/c1-4-5-8-6-14-11(13)10(12(15)16)9(8)7(2)3/h6-7H,4-5H2,1-3H3,(H,15,16). The van der Waals surface area contributed by atoms with Gasteiger partial charge < -0.3 is 5.11 Å². The van der Waals surface area contributed by atoms with Crippen LogP contribution in [0.25, 0.3) is 0 Å². The van der Waals surface area contributed by atoms with Crippen LogP contribution in [-0.2, 0) is 6.42 Å². The smallest absolute Gasteiger partial charge is 0.339 e. The number of carboxylic acid groups (broad SMARTS) is 1. The molecule has 88 valence electrons. The third-order valence-corrected chi connectivity index (χ3v) is 2.75. The van der Waals surface area contributed by atoms with Crippen molar-refractivity contribution in [3.8, 4) is 0 Å². The van der Waals surface area contributed by atoms with Crippen LogP contribution in [-0.4, -0.2) is 16.1 Å². The highest BCUT2D eigenvalue weighted by Crippen LogP contribution is 2.28. The van der Waals surface area contributed by atoms with Crippen LogP contribution < -0.4 is 0 Å². The summed E-state index contributed by atoms with van der Waals surface area (Å²) in [5.41, 5.74) is 1.95. The Morgan fingerprint density at radius 3 is 2.62 bits per heavy atom. The predicted octanol–water partition coefficient (Wildman–Crippen LogP) is 3.51. The molecule has 0 aromatic carbocycles. The molecule has 1 N–H and O–H groups in total. The summed E-state index contributed by atoms with van der Waals surface area (Å²) < 4.78 is 0. The zero-order chi connectivity index (χ0) is 12.3. The van der Waals surface area contributed by atoms with Crippen LogP contribution in [0.3, 0.4) is 0 Å². The van der Waals surface area contributed by atoms with E-state index in [9.17, 15) is 4.79 Å². The van der Waals surface area contributed by atoms with Crippen LogP contribution in [0.15, 0.2) is 6.20 Å². The van der Waals surface area contributed by atoms with Crippen molar-refractivity contribution in [2.45, 2.75) is 39.5 Å². The molecule has 1 rings (SSSR count). The lowest BCUT2D eigenvalue weighted by atomic mass is 9.92. The third-order valence-electron chi connectivity index (χ3n) is 2.47. The van der Waals surface area contributed by atoms with E-state index in [1.165, 1.54) is 0 Å². The minimum Gasteiger partial charge on any atom is -0.478 e. The molecule has 0 aliphatic carbocycles. The Labute approximate surface area is 100 Å². The maximum atomic E-state index is 11.2. The van der Waals surface area contributed by atoms with Crippen molar-refractivity contribution in [1.82, 2.24) is 4.98 Å². The number of rotatable bonds is 4. The van der Waals surface area contributed by atoms with Crippen molar-refractivity contribution < 1.29 is 9.90 Å². The Morgan fingerprint density at radius 2 is 2.19 bits per heavy atom. The lowest BCUT2D eigenvalue weighted by Gasteiger charge is -2.15. The first-order chi connectivity index (χ1) is 7.49. The van der Waals surface area contributed by atoms with Crippen molar-refractivity contribution in [3.63, 3.8) is 0 Å². The van der Waals surface area contributed by atoms with E-state index in [0.717, 1.165) is 24.0 Å².